The Morgan fingerprint density at radius 3 is 2.93 bits per heavy atom. The Labute approximate surface area is 160 Å². The molecular weight excluding hydrogens is 370 g/mol. The van der Waals surface area contributed by atoms with Crippen molar-refractivity contribution in [3.05, 3.63) is 24.2 Å². The van der Waals surface area contributed by atoms with Gasteiger partial charge in [0.15, 0.2) is 18.2 Å². The molecule has 3 rings (SSSR count). The average molecular weight is 391 g/mol. The number of nitrogen functional groups attached to an aromatic ring is 1. The summed E-state index contributed by atoms with van der Waals surface area (Å²) >= 11 is 0. The Balaban J connectivity index is 1.88. The molecule has 1 saturated heterocycles. The first-order chi connectivity index (χ1) is 13.6. The zero-order valence-electron chi connectivity index (χ0n) is 15.5. The van der Waals surface area contributed by atoms with Crippen LogP contribution in [0.5, 0.6) is 0 Å². The van der Waals surface area contributed by atoms with E-state index < -0.39 is 30.8 Å². The Morgan fingerprint density at radius 1 is 1.39 bits per heavy atom. The summed E-state index contributed by atoms with van der Waals surface area (Å²) in [7, 11) is 0. The molecule has 0 radical (unpaired) electrons. The Hall–Kier alpha value is -3.10. The van der Waals surface area contributed by atoms with Crippen LogP contribution >= 0.6 is 0 Å². The van der Waals surface area contributed by atoms with Crippen LogP contribution in [0, 0.1) is 11.5 Å². The molecule has 0 amide bonds. The SMILES string of the molecule is CCOC(=O)OC[C@@H](OC#N)[C@H]1OC(CC)O[C@H]1c1ccc2c(N)ncnn12. The van der Waals surface area contributed by atoms with Crippen molar-refractivity contribution in [1.82, 2.24) is 14.6 Å². The molecule has 1 aliphatic rings. The maximum absolute atomic E-state index is 11.5. The van der Waals surface area contributed by atoms with Gasteiger partial charge in [0.1, 0.15) is 30.7 Å². The Kier molecular flexibility index (Phi) is 6.13. The molecule has 0 aliphatic carbocycles. The van der Waals surface area contributed by atoms with Gasteiger partial charge in [-0.3, -0.25) is 0 Å². The van der Waals surface area contributed by atoms with Gasteiger partial charge in [0.05, 0.1) is 12.3 Å². The van der Waals surface area contributed by atoms with Gasteiger partial charge in [0.25, 0.3) is 6.26 Å². The highest BCUT2D eigenvalue weighted by atomic mass is 16.7. The number of fused-ring (bicyclic) bond motifs is 1. The Bertz CT molecular complexity index is 865. The van der Waals surface area contributed by atoms with Crippen LogP contribution < -0.4 is 5.73 Å². The van der Waals surface area contributed by atoms with Crippen molar-refractivity contribution in [2.24, 2.45) is 0 Å². The lowest BCUT2D eigenvalue weighted by Gasteiger charge is -2.23. The van der Waals surface area contributed by atoms with Crippen molar-refractivity contribution < 1.29 is 28.5 Å². The predicted molar refractivity (Wildman–Crippen MR) is 93.6 cm³/mol. The van der Waals surface area contributed by atoms with E-state index in [1.54, 1.807) is 29.8 Å². The second kappa shape index (κ2) is 8.73. The summed E-state index contributed by atoms with van der Waals surface area (Å²) in [5, 5.41) is 13.2. The van der Waals surface area contributed by atoms with Crippen LogP contribution in [-0.2, 0) is 23.7 Å². The van der Waals surface area contributed by atoms with Crippen LogP contribution in [0.25, 0.3) is 5.52 Å². The number of aromatic nitrogens is 3. The van der Waals surface area contributed by atoms with Crippen LogP contribution in [0.3, 0.4) is 0 Å². The lowest BCUT2D eigenvalue weighted by molar-refractivity contribution is -0.0922. The molecule has 11 heteroatoms. The zero-order chi connectivity index (χ0) is 20.1. The fraction of sp³-hybridized carbons (Fsp3) is 0.529. The second-order valence-corrected chi connectivity index (χ2v) is 5.94. The van der Waals surface area contributed by atoms with Gasteiger partial charge in [-0.25, -0.2) is 14.3 Å². The van der Waals surface area contributed by atoms with Gasteiger partial charge >= 0.3 is 6.16 Å². The first kappa shape index (κ1) is 19.7. The first-order valence-electron chi connectivity index (χ1n) is 8.82. The van der Waals surface area contributed by atoms with E-state index in [9.17, 15) is 4.79 Å². The monoisotopic (exact) mass is 391 g/mol. The van der Waals surface area contributed by atoms with Crippen LogP contribution in [0.1, 0.15) is 32.1 Å². The summed E-state index contributed by atoms with van der Waals surface area (Å²) < 4.78 is 28.4. The number of rotatable bonds is 7. The van der Waals surface area contributed by atoms with Gasteiger partial charge in [-0.05, 0) is 25.5 Å². The van der Waals surface area contributed by atoms with Crippen molar-refractivity contribution >= 4 is 17.5 Å². The standard InChI is InChI=1S/C17H21N5O6/c1-3-13-27-14(10-5-6-11-16(19)20-9-21-22(10)11)15(28-13)12(26-8-18)7-25-17(23)24-4-2/h5-6,9,12-15H,3-4,7H2,1-2H3,(H2,19,20,21)/t12-,13?,14+,15-/m1/s1. The van der Waals surface area contributed by atoms with E-state index in [0.29, 0.717) is 23.4 Å². The molecule has 1 aliphatic heterocycles. The number of carbonyl (C=O) groups is 1. The molecule has 0 aromatic carbocycles. The number of hydrogen-bond donors (Lipinski definition) is 1. The van der Waals surface area contributed by atoms with E-state index in [1.807, 2.05) is 6.92 Å². The minimum atomic E-state index is -0.902. The maximum atomic E-state index is 11.5. The summed E-state index contributed by atoms with van der Waals surface area (Å²) in [5.41, 5.74) is 7.15. The molecule has 3 heterocycles. The quantitative estimate of drug-likeness (QED) is 0.545. The van der Waals surface area contributed by atoms with Crippen molar-refractivity contribution in [3.8, 4) is 6.26 Å². The van der Waals surface area contributed by atoms with Crippen molar-refractivity contribution in [3.63, 3.8) is 0 Å². The molecule has 11 nitrogen and oxygen atoms in total. The van der Waals surface area contributed by atoms with E-state index in [4.69, 9.17) is 34.7 Å². The third kappa shape index (κ3) is 3.92. The predicted octanol–water partition coefficient (Wildman–Crippen LogP) is 1.54. The normalized spacial score (nSPS) is 22.5. The molecule has 0 bridgehead atoms. The zero-order valence-corrected chi connectivity index (χ0v) is 15.5. The highest BCUT2D eigenvalue weighted by molar-refractivity contribution is 5.65. The second-order valence-electron chi connectivity index (χ2n) is 5.94. The summed E-state index contributed by atoms with van der Waals surface area (Å²) in [5.74, 6) is 0.319. The van der Waals surface area contributed by atoms with Gasteiger partial charge in [-0.2, -0.15) is 10.4 Å². The lowest BCUT2D eigenvalue weighted by atomic mass is 10.1. The van der Waals surface area contributed by atoms with Gasteiger partial charge in [0.2, 0.25) is 0 Å². The average Bonchev–Trinajstić information content (AvgIpc) is 3.30. The molecule has 2 N–H and O–H groups in total. The van der Waals surface area contributed by atoms with E-state index >= 15 is 0 Å². The molecule has 2 aromatic rings. The van der Waals surface area contributed by atoms with Gasteiger partial charge in [0, 0.05) is 0 Å². The van der Waals surface area contributed by atoms with Crippen molar-refractivity contribution in [1.29, 1.82) is 5.26 Å². The lowest BCUT2D eigenvalue weighted by Crippen LogP contribution is -2.37. The molecule has 1 unspecified atom stereocenters. The molecule has 0 saturated carbocycles. The van der Waals surface area contributed by atoms with Crippen molar-refractivity contribution in [2.75, 3.05) is 18.9 Å². The summed E-state index contributed by atoms with van der Waals surface area (Å²) in [6.07, 6.45) is -0.107. The van der Waals surface area contributed by atoms with Crippen LogP contribution in [0.15, 0.2) is 18.5 Å². The number of carbonyl (C=O) groups excluding carboxylic acids is 1. The smallest absolute Gasteiger partial charge is 0.435 e. The third-order valence-electron chi connectivity index (χ3n) is 4.24. The fourth-order valence-corrected chi connectivity index (χ4v) is 2.99. The molecule has 150 valence electrons. The van der Waals surface area contributed by atoms with Crippen molar-refractivity contribution in [2.45, 2.75) is 44.9 Å². The number of hydrogen-bond acceptors (Lipinski definition) is 10. The van der Waals surface area contributed by atoms with E-state index in [1.165, 1.54) is 6.33 Å². The number of ether oxygens (including phenoxy) is 5. The third-order valence-corrected chi connectivity index (χ3v) is 4.24. The molecule has 28 heavy (non-hydrogen) atoms. The highest BCUT2D eigenvalue weighted by Crippen LogP contribution is 2.37. The minimum Gasteiger partial charge on any atom is -0.435 e. The first-order valence-corrected chi connectivity index (χ1v) is 8.82. The van der Waals surface area contributed by atoms with E-state index in [2.05, 4.69) is 10.1 Å². The minimum absolute atomic E-state index is 0.170. The molecular formula is C17H21N5O6. The molecule has 2 aromatic heterocycles. The number of nitrogens with two attached hydrogens (primary N) is 1. The van der Waals surface area contributed by atoms with Crippen LogP contribution in [-0.4, -0.2) is 52.5 Å². The van der Waals surface area contributed by atoms with E-state index in [-0.39, 0.29) is 13.2 Å². The number of anilines is 1. The van der Waals surface area contributed by atoms with Gasteiger partial charge < -0.3 is 29.4 Å². The van der Waals surface area contributed by atoms with E-state index in [0.717, 1.165) is 0 Å². The summed E-state index contributed by atoms with van der Waals surface area (Å²) in [4.78, 5) is 15.5. The van der Waals surface area contributed by atoms with Crippen LogP contribution in [0.4, 0.5) is 10.6 Å². The summed E-state index contributed by atoms with van der Waals surface area (Å²) in [6.45, 7) is 3.48. The number of nitriles is 1. The highest BCUT2D eigenvalue weighted by Gasteiger charge is 2.44. The Morgan fingerprint density at radius 2 is 2.21 bits per heavy atom. The topological polar surface area (TPSA) is 143 Å². The van der Waals surface area contributed by atoms with Gasteiger partial charge in [-0.15, -0.1) is 0 Å². The molecule has 4 atom stereocenters. The summed E-state index contributed by atoms with van der Waals surface area (Å²) in [6, 6.07) is 3.55. The maximum Gasteiger partial charge on any atom is 0.508 e. The van der Waals surface area contributed by atoms with Gasteiger partial charge in [-0.1, -0.05) is 6.92 Å². The van der Waals surface area contributed by atoms with Crippen LogP contribution in [0.2, 0.25) is 0 Å². The fourth-order valence-electron chi connectivity index (χ4n) is 2.99. The molecule has 1 fully saturated rings. The molecule has 0 spiro atoms. The number of nitrogens with zero attached hydrogens (tertiary/aromatic N) is 4. The largest absolute Gasteiger partial charge is 0.508 e.